The average Bonchev–Trinajstić information content (AvgIpc) is 1.89. The van der Waals surface area contributed by atoms with E-state index in [-0.39, 0.29) is 0 Å². The molecule has 0 rings (SSSR count). The van der Waals surface area contributed by atoms with Gasteiger partial charge in [-0.1, -0.05) is 26.3 Å². The molecule has 1 heteroatoms. The second-order valence-electron chi connectivity index (χ2n) is 1.88. The number of allylic oxidation sites excluding steroid dienone is 1. The highest BCUT2D eigenvalue weighted by Gasteiger charge is 1.76. The third kappa shape index (κ3) is 8.09. The summed E-state index contributed by atoms with van der Waals surface area (Å²) >= 11 is 1.85. The minimum absolute atomic E-state index is 1.03. The van der Waals surface area contributed by atoms with E-state index in [1.807, 2.05) is 11.8 Å². The largest absolute Gasteiger partial charge is 0.134 e. The lowest BCUT2D eigenvalue weighted by Gasteiger charge is -1.87. The van der Waals surface area contributed by atoms with Crippen molar-refractivity contribution in [1.29, 1.82) is 0 Å². The molecule has 9 heavy (non-hydrogen) atoms. The predicted molar refractivity (Wildman–Crippen MR) is 46.5 cm³/mol. The van der Waals surface area contributed by atoms with Gasteiger partial charge in [-0.25, -0.2) is 0 Å². The monoisotopic (exact) mass is 143 g/mol. The van der Waals surface area contributed by atoms with E-state index in [1.165, 1.54) is 12.8 Å². The summed E-state index contributed by atoms with van der Waals surface area (Å²) in [5, 5.41) is 2.18. The van der Waals surface area contributed by atoms with Crippen molar-refractivity contribution < 1.29 is 0 Å². The van der Waals surface area contributed by atoms with Crippen LogP contribution in [0.15, 0.2) is 11.5 Å². The Hall–Kier alpha value is 0.0900. The minimum Gasteiger partial charge on any atom is -0.134 e. The van der Waals surface area contributed by atoms with E-state index in [2.05, 4.69) is 25.3 Å². The molecule has 0 heterocycles. The van der Waals surface area contributed by atoms with Gasteiger partial charge in [-0.15, -0.1) is 11.8 Å². The molecule has 0 aliphatic rings. The first-order valence-corrected chi connectivity index (χ1v) is 4.52. The fourth-order valence-electron chi connectivity index (χ4n) is 0.454. The molecule has 53 valence electrons. The molecule has 0 unspecified atom stereocenters. The van der Waals surface area contributed by atoms with E-state index in [9.17, 15) is 0 Å². The van der Waals surface area contributed by atoms with E-state index in [1.54, 1.807) is 0 Å². The molecule has 0 amide bonds. The van der Waals surface area contributed by atoms with Crippen LogP contribution in [0.4, 0.5) is 0 Å². The Bertz CT molecular complexity index is 67.0. The molecule has 0 aliphatic carbocycles. The van der Waals surface area contributed by atoms with Gasteiger partial charge in [0.25, 0.3) is 0 Å². The summed E-state index contributed by atoms with van der Waals surface area (Å²) < 4.78 is 0. The Labute approximate surface area is 62.7 Å². The van der Waals surface area contributed by atoms with Gasteiger partial charge in [0.2, 0.25) is 0 Å². The van der Waals surface area contributed by atoms with E-state index in [4.69, 9.17) is 0 Å². The zero-order valence-electron chi connectivity index (χ0n) is 6.10. The van der Waals surface area contributed by atoms with Crippen LogP contribution in [0.5, 0.6) is 0 Å². The van der Waals surface area contributed by atoms with Gasteiger partial charge in [-0.2, -0.15) is 0 Å². The SMILES string of the molecule is [CH2]CCSC=CCCC. The van der Waals surface area contributed by atoms with Crippen molar-refractivity contribution in [1.82, 2.24) is 0 Å². The van der Waals surface area contributed by atoms with Crippen LogP contribution in [0.2, 0.25) is 0 Å². The maximum absolute atomic E-state index is 3.75. The van der Waals surface area contributed by atoms with Crippen molar-refractivity contribution in [2.75, 3.05) is 5.75 Å². The molecule has 0 aromatic heterocycles. The molecule has 0 saturated heterocycles. The lowest BCUT2D eigenvalue weighted by atomic mass is 10.3. The van der Waals surface area contributed by atoms with Crippen LogP contribution in [-0.2, 0) is 0 Å². The van der Waals surface area contributed by atoms with Gasteiger partial charge in [0.05, 0.1) is 0 Å². The summed E-state index contributed by atoms with van der Waals surface area (Å²) in [5.74, 6) is 1.15. The number of hydrogen-bond donors (Lipinski definition) is 0. The van der Waals surface area contributed by atoms with Crippen LogP contribution < -0.4 is 0 Å². The van der Waals surface area contributed by atoms with E-state index >= 15 is 0 Å². The van der Waals surface area contributed by atoms with Crippen LogP contribution in [0.25, 0.3) is 0 Å². The number of unbranched alkanes of at least 4 members (excludes halogenated alkanes) is 1. The van der Waals surface area contributed by atoms with Gasteiger partial charge >= 0.3 is 0 Å². The van der Waals surface area contributed by atoms with Gasteiger partial charge in [0, 0.05) is 0 Å². The second-order valence-corrected chi connectivity index (χ2v) is 2.90. The van der Waals surface area contributed by atoms with E-state index in [0.717, 1.165) is 12.2 Å². The molecule has 0 bridgehead atoms. The van der Waals surface area contributed by atoms with Crippen LogP contribution in [0, 0.1) is 6.92 Å². The van der Waals surface area contributed by atoms with Crippen molar-refractivity contribution in [3.63, 3.8) is 0 Å². The van der Waals surface area contributed by atoms with Crippen LogP contribution in [0.3, 0.4) is 0 Å². The fourth-order valence-corrected chi connectivity index (χ4v) is 1.03. The summed E-state index contributed by atoms with van der Waals surface area (Å²) in [5.41, 5.74) is 0. The number of hydrogen-bond acceptors (Lipinski definition) is 1. The molecule has 0 spiro atoms. The highest BCUT2D eigenvalue weighted by Crippen LogP contribution is 2.04. The maximum atomic E-state index is 3.75. The molecule has 0 aromatic carbocycles. The Morgan fingerprint density at radius 1 is 1.56 bits per heavy atom. The fraction of sp³-hybridized carbons (Fsp3) is 0.625. The predicted octanol–water partition coefficient (Wildman–Crippen LogP) is 3.26. The molecule has 0 N–H and O–H groups in total. The third-order valence-electron chi connectivity index (χ3n) is 0.910. The third-order valence-corrected chi connectivity index (χ3v) is 1.82. The Morgan fingerprint density at radius 2 is 2.33 bits per heavy atom. The normalized spacial score (nSPS) is 10.9. The molecule has 0 atom stereocenters. The molecular weight excluding hydrogens is 128 g/mol. The highest BCUT2D eigenvalue weighted by atomic mass is 32.2. The van der Waals surface area contributed by atoms with Crippen LogP contribution in [-0.4, -0.2) is 5.75 Å². The quantitative estimate of drug-likeness (QED) is 0.532. The zero-order valence-corrected chi connectivity index (χ0v) is 6.91. The first-order valence-electron chi connectivity index (χ1n) is 3.47. The summed E-state index contributed by atoms with van der Waals surface area (Å²) in [4.78, 5) is 0. The molecule has 0 aliphatic heterocycles. The summed E-state index contributed by atoms with van der Waals surface area (Å²) in [6.45, 7) is 5.94. The van der Waals surface area contributed by atoms with Crippen molar-refractivity contribution >= 4 is 11.8 Å². The Balaban J connectivity index is 2.86. The lowest BCUT2D eigenvalue weighted by Crippen LogP contribution is -1.67. The first-order chi connectivity index (χ1) is 4.41. The average molecular weight is 143 g/mol. The zero-order chi connectivity index (χ0) is 6.95. The molecule has 0 nitrogen and oxygen atoms in total. The first kappa shape index (κ1) is 9.09. The molecular formula is C8H15S. The lowest BCUT2D eigenvalue weighted by molar-refractivity contribution is 0.960. The van der Waals surface area contributed by atoms with Gasteiger partial charge in [0.15, 0.2) is 0 Å². The second kappa shape index (κ2) is 8.09. The van der Waals surface area contributed by atoms with Crippen molar-refractivity contribution in [2.24, 2.45) is 0 Å². The van der Waals surface area contributed by atoms with Gasteiger partial charge in [0.1, 0.15) is 0 Å². The number of thioether (sulfide) groups is 1. The van der Waals surface area contributed by atoms with E-state index in [0.29, 0.717) is 0 Å². The number of rotatable bonds is 5. The van der Waals surface area contributed by atoms with Gasteiger partial charge < -0.3 is 0 Å². The van der Waals surface area contributed by atoms with Crippen molar-refractivity contribution in [3.05, 3.63) is 18.4 Å². The Kier molecular flexibility index (Phi) is 8.17. The maximum Gasteiger partial charge on any atom is -0.00261 e. The summed E-state index contributed by atoms with van der Waals surface area (Å²) in [6, 6.07) is 0. The highest BCUT2D eigenvalue weighted by molar-refractivity contribution is 8.02. The van der Waals surface area contributed by atoms with Crippen molar-refractivity contribution in [2.45, 2.75) is 26.2 Å². The van der Waals surface area contributed by atoms with Gasteiger partial charge in [-0.3, -0.25) is 0 Å². The molecule has 0 aromatic rings. The Morgan fingerprint density at radius 3 is 2.89 bits per heavy atom. The van der Waals surface area contributed by atoms with Crippen LogP contribution >= 0.6 is 11.8 Å². The smallest absolute Gasteiger partial charge is 0.00261 e. The van der Waals surface area contributed by atoms with Gasteiger partial charge in [-0.05, 0) is 24.0 Å². The standard InChI is InChI=1S/C8H15S/c1-3-5-6-8-9-7-4-2/h6,8H,2-5,7H2,1H3. The molecule has 0 fully saturated rings. The molecule has 1 radical (unpaired) electrons. The van der Waals surface area contributed by atoms with Crippen LogP contribution in [0.1, 0.15) is 26.2 Å². The minimum atomic E-state index is 1.03. The van der Waals surface area contributed by atoms with Crippen molar-refractivity contribution in [3.8, 4) is 0 Å². The van der Waals surface area contributed by atoms with E-state index < -0.39 is 0 Å². The summed E-state index contributed by atoms with van der Waals surface area (Å²) in [6.07, 6.45) is 5.72. The molecule has 0 saturated carbocycles. The topological polar surface area (TPSA) is 0 Å². The summed E-state index contributed by atoms with van der Waals surface area (Å²) in [7, 11) is 0.